The molecule has 0 radical (unpaired) electrons. The molecule has 2 aromatic rings. The third-order valence-corrected chi connectivity index (χ3v) is 3.86. The summed E-state index contributed by atoms with van der Waals surface area (Å²) in [5, 5.41) is 1.25. The van der Waals surface area contributed by atoms with Gasteiger partial charge in [-0.2, -0.15) is 0 Å². The Bertz CT molecular complexity index is 489. The molecule has 0 saturated carbocycles. The van der Waals surface area contributed by atoms with Crippen LogP contribution < -0.4 is 0 Å². The van der Waals surface area contributed by atoms with Crippen molar-refractivity contribution in [2.45, 2.75) is 39.1 Å². The van der Waals surface area contributed by atoms with Crippen LogP contribution in [0.4, 0.5) is 0 Å². The summed E-state index contributed by atoms with van der Waals surface area (Å²) in [5.74, 6) is 0. The molecule has 0 atom stereocenters. The van der Waals surface area contributed by atoms with E-state index in [9.17, 15) is 0 Å². The van der Waals surface area contributed by atoms with E-state index in [1.807, 2.05) is 0 Å². The molecule has 0 amide bonds. The summed E-state index contributed by atoms with van der Waals surface area (Å²) >= 11 is 0. The normalized spacial score (nSPS) is 13.2. The van der Waals surface area contributed by atoms with Gasteiger partial charge in [-0.25, -0.2) is 0 Å². The van der Waals surface area contributed by atoms with Gasteiger partial charge in [-0.1, -0.05) is 18.2 Å². The van der Waals surface area contributed by atoms with Gasteiger partial charge in [-0.05, 0) is 51.0 Å². The lowest BCUT2D eigenvalue weighted by Gasteiger charge is -2.32. The minimum absolute atomic E-state index is 0.247. The molecule has 0 spiro atoms. The lowest BCUT2D eigenvalue weighted by Crippen LogP contribution is -2.36. The predicted octanol–water partition coefficient (Wildman–Crippen LogP) is 4.25. The first kappa shape index (κ1) is 12.4. The maximum atomic E-state index is 6.25. The molecule has 0 aliphatic carbocycles. The van der Waals surface area contributed by atoms with E-state index in [-0.39, 0.29) is 5.60 Å². The maximum Gasteiger partial charge on any atom is 0.185 e. The Labute approximate surface area is 104 Å². The third-order valence-electron chi connectivity index (χ3n) is 2.74. The molecular weight excluding hydrogens is 226 g/mol. The minimum atomic E-state index is -1.54. The first-order valence-corrected chi connectivity index (χ1v) is 9.47. The van der Waals surface area contributed by atoms with Crippen LogP contribution in [-0.2, 0) is 10.0 Å². The fourth-order valence-corrected chi connectivity index (χ4v) is 3.86. The number of hydrogen-bond acceptors (Lipinski definition) is 1. The first-order chi connectivity index (χ1) is 7.78. The third kappa shape index (κ3) is 2.79. The number of fused-ring (bicyclic) bond motifs is 1. The molecule has 0 saturated heterocycles. The Kier molecular flexibility index (Phi) is 2.92. The van der Waals surface area contributed by atoms with Gasteiger partial charge in [0.25, 0.3) is 0 Å². The number of hydrogen-bond donors (Lipinski definition) is 1. The molecule has 3 heteroatoms. The number of aromatic amines is 1. The Morgan fingerprint density at radius 3 is 2.35 bits per heavy atom. The molecule has 1 N–H and O–H groups in total. The maximum absolute atomic E-state index is 6.25. The highest BCUT2D eigenvalue weighted by atomic mass is 28.4. The van der Waals surface area contributed by atoms with Crippen molar-refractivity contribution in [2.75, 3.05) is 0 Å². The van der Waals surface area contributed by atoms with Crippen LogP contribution in [0.2, 0.25) is 19.6 Å². The summed E-state index contributed by atoms with van der Waals surface area (Å²) in [4.78, 5) is 3.46. The van der Waals surface area contributed by atoms with Crippen molar-refractivity contribution in [1.82, 2.24) is 4.98 Å². The Morgan fingerprint density at radius 2 is 1.76 bits per heavy atom. The highest BCUT2D eigenvalue weighted by molar-refractivity contribution is 6.69. The van der Waals surface area contributed by atoms with Gasteiger partial charge < -0.3 is 9.41 Å². The molecule has 0 unspecified atom stereocenters. The zero-order valence-corrected chi connectivity index (χ0v) is 12.3. The second-order valence-electron chi connectivity index (χ2n) is 6.00. The van der Waals surface area contributed by atoms with E-state index in [1.54, 1.807) is 0 Å². The summed E-state index contributed by atoms with van der Waals surface area (Å²) in [6, 6.07) is 10.5. The second-order valence-corrected chi connectivity index (χ2v) is 10.4. The van der Waals surface area contributed by atoms with Gasteiger partial charge in [0.2, 0.25) is 0 Å². The minimum Gasteiger partial charge on any atom is -0.407 e. The van der Waals surface area contributed by atoms with Crippen molar-refractivity contribution < 1.29 is 4.43 Å². The lowest BCUT2D eigenvalue weighted by molar-refractivity contribution is 0.0960. The van der Waals surface area contributed by atoms with Crippen LogP contribution in [0.1, 0.15) is 19.5 Å². The van der Waals surface area contributed by atoms with Crippen LogP contribution in [0.5, 0.6) is 0 Å². The molecule has 0 bridgehead atoms. The summed E-state index contributed by atoms with van der Waals surface area (Å²) in [7, 11) is -1.54. The van der Waals surface area contributed by atoms with E-state index < -0.39 is 8.32 Å². The zero-order chi connectivity index (χ0) is 12.7. The van der Waals surface area contributed by atoms with E-state index in [0.29, 0.717) is 0 Å². The average molecular weight is 247 g/mol. The van der Waals surface area contributed by atoms with Crippen LogP contribution in [0.15, 0.2) is 30.3 Å². The van der Waals surface area contributed by atoms with Crippen LogP contribution in [0, 0.1) is 0 Å². The number of H-pyrrole nitrogens is 1. The molecular formula is C14H21NOSi. The van der Waals surface area contributed by atoms with E-state index in [4.69, 9.17) is 4.43 Å². The van der Waals surface area contributed by atoms with Crippen LogP contribution in [0.3, 0.4) is 0 Å². The van der Waals surface area contributed by atoms with E-state index in [1.165, 1.54) is 10.9 Å². The smallest absolute Gasteiger partial charge is 0.185 e. The SMILES string of the molecule is CC(C)(O[Si](C)(C)C)c1cc2ccccc2[nH]1. The summed E-state index contributed by atoms with van der Waals surface area (Å²) in [6.45, 7) is 10.9. The molecule has 1 aromatic carbocycles. The highest BCUT2D eigenvalue weighted by Crippen LogP contribution is 2.30. The van der Waals surface area contributed by atoms with Gasteiger partial charge in [0.05, 0.1) is 5.60 Å². The van der Waals surface area contributed by atoms with Gasteiger partial charge in [0.1, 0.15) is 0 Å². The first-order valence-electron chi connectivity index (χ1n) is 6.06. The van der Waals surface area contributed by atoms with Crippen molar-refractivity contribution >= 4 is 19.2 Å². The van der Waals surface area contributed by atoms with Gasteiger partial charge in [-0.3, -0.25) is 0 Å². The van der Waals surface area contributed by atoms with Crippen molar-refractivity contribution in [3.63, 3.8) is 0 Å². The summed E-state index contributed by atoms with van der Waals surface area (Å²) in [6.07, 6.45) is 0. The molecule has 0 fully saturated rings. The van der Waals surface area contributed by atoms with Crippen molar-refractivity contribution in [1.29, 1.82) is 0 Å². The molecule has 2 rings (SSSR count). The van der Waals surface area contributed by atoms with Gasteiger partial charge >= 0.3 is 0 Å². The van der Waals surface area contributed by atoms with Crippen molar-refractivity contribution in [3.05, 3.63) is 36.0 Å². The van der Waals surface area contributed by atoms with Crippen molar-refractivity contribution in [2.24, 2.45) is 0 Å². The average Bonchev–Trinajstić information content (AvgIpc) is 2.57. The Balaban J connectivity index is 2.38. The van der Waals surface area contributed by atoms with Gasteiger partial charge in [0, 0.05) is 11.2 Å². The van der Waals surface area contributed by atoms with E-state index in [2.05, 4.69) is 68.8 Å². The fraction of sp³-hybridized carbons (Fsp3) is 0.429. The molecule has 1 aromatic heterocycles. The topological polar surface area (TPSA) is 25.0 Å². The standard InChI is InChI=1S/C14H21NOSi/c1-14(2,16-17(3,4)5)13-10-11-8-6-7-9-12(11)15-13/h6-10,15H,1-5H3. The molecule has 92 valence electrons. The van der Waals surface area contributed by atoms with Crippen molar-refractivity contribution in [3.8, 4) is 0 Å². The number of rotatable bonds is 3. The molecule has 1 heterocycles. The number of nitrogens with one attached hydrogen (secondary N) is 1. The molecule has 17 heavy (non-hydrogen) atoms. The number of aromatic nitrogens is 1. The van der Waals surface area contributed by atoms with E-state index >= 15 is 0 Å². The lowest BCUT2D eigenvalue weighted by atomic mass is 10.1. The summed E-state index contributed by atoms with van der Waals surface area (Å²) < 4.78 is 6.25. The van der Waals surface area contributed by atoms with Crippen LogP contribution in [0.25, 0.3) is 10.9 Å². The molecule has 0 aliphatic heterocycles. The monoisotopic (exact) mass is 247 g/mol. The van der Waals surface area contributed by atoms with Gasteiger partial charge in [0.15, 0.2) is 8.32 Å². The Morgan fingerprint density at radius 1 is 1.12 bits per heavy atom. The Hall–Kier alpha value is -1.06. The number of para-hydroxylation sites is 1. The quantitative estimate of drug-likeness (QED) is 0.806. The summed E-state index contributed by atoms with van der Waals surface area (Å²) in [5.41, 5.74) is 2.08. The van der Waals surface area contributed by atoms with Crippen LogP contribution >= 0.6 is 0 Å². The van der Waals surface area contributed by atoms with Gasteiger partial charge in [-0.15, -0.1) is 0 Å². The zero-order valence-electron chi connectivity index (χ0n) is 11.3. The molecule has 0 aliphatic rings. The fourth-order valence-electron chi connectivity index (χ4n) is 2.22. The predicted molar refractivity (Wildman–Crippen MR) is 75.8 cm³/mol. The number of benzene rings is 1. The molecule has 2 nitrogen and oxygen atoms in total. The highest BCUT2D eigenvalue weighted by Gasteiger charge is 2.30. The second kappa shape index (κ2) is 4.00. The largest absolute Gasteiger partial charge is 0.407 e. The van der Waals surface area contributed by atoms with E-state index in [0.717, 1.165) is 5.69 Å². The van der Waals surface area contributed by atoms with Crippen LogP contribution in [-0.4, -0.2) is 13.3 Å².